The molecule has 0 unspecified atom stereocenters. The topological polar surface area (TPSA) is 46.5 Å². The summed E-state index contributed by atoms with van der Waals surface area (Å²) in [5, 5.41) is 8.34. The van der Waals surface area contributed by atoms with Crippen molar-refractivity contribution in [1.29, 1.82) is 0 Å². The molecule has 5 heteroatoms. The summed E-state index contributed by atoms with van der Waals surface area (Å²) in [4.78, 5) is 10.2. The Labute approximate surface area is 84.6 Å². The van der Waals surface area contributed by atoms with Crippen LogP contribution in [0.2, 0.25) is 0 Å². The summed E-state index contributed by atoms with van der Waals surface area (Å²) in [5.74, 6) is -1.03. The number of hydrogen-bond donors (Lipinski definition) is 1. The normalized spacial score (nSPS) is 10.9. The number of benzene rings is 1. The molecule has 0 aliphatic carbocycles. The Balaban J connectivity index is 2.68. The zero-order valence-electron chi connectivity index (χ0n) is 7.56. The first-order chi connectivity index (χ1) is 7.08. The third-order valence-corrected chi connectivity index (χ3v) is 1.52. The number of carbonyl (C=O) groups is 1. The molecule has 0 fully saturated rings. The average molecular weight is 214 g/mol. The highest BCUT2D eigenvalue weighted by Gasteiger charge is 2.02. The van der Waals surface area contributed by atoms with Crippen LogP contribution < -0.4 is 4.74 Å². The Bertz CT molecular complexity index is 357. The fourth-order valence-corrected chi connectivity index (χ4v) is 0.928. The minimum atomic E-state index is -2.86. The maximum atomic E-state index is 11.8. The Kier molecular flexibility index (Phi) is 3.79. The molecule has 0 amide bonds. The molecule has 3 nitrogen and oxygen atoms in total. The van der Waals surface area contributed by atoms with Crippen molar-refractivity contribution in [2.75, 3.05) is 0 Å². The Morgan fingerprint density at radius 1 is 1.33 bits per heavy atom. The summed E-state index contributed by atoms with van der Waals surface area (Å²) in [5.41, 5.74) is 0.596. The quantitative estimate of drug-likeness (QED) is 0.782. The molecule has 0 saturated carbocycles. The van der Waals surface area contributed by atoms with E-state index in [9.17, 15) is 13.6 Å². The van der Waals surface area contributed by atoms with Crippen LogP contribution in [-0.2, 0) is 4.79 Å². The monoisotopic (exact) mass is 214 g/mol. The van der Waals surface area contributed by atoms with Crippen molar-refractivity contribution in [3.63, 3.8) is 0 Å². The zero-order chi connectivity index (χ0) is 11.3. The molecule has 0 bridgehead atoms. The van der Waals surface area contributed by atoms with Crippen LogP contribution >= 0.6 is 0 Å². The molecule has 1 aromatic carbocycles. The number of ether oxygens (including phenoxy) is 1. The summed E-state index contributed by atoms with van der Waals surface area (Å²) in [6.07, 6.45) is 2.32. The second-order valence-electron chi connectivity index (χ2n) is 2.62. The van der Waals surface area contributed by atoms with Gasteiger partial charge < -0.3 is 9.84 Å². The number of carboxylic acid groups (broad SMARTS) is 1. The van der Waals surface area contributed by atoms with Crippen LogP contribution in [0.4, 0.5) is 8.78 Å². The van der Waals surface area contributed by atoms with Gasteiger partial charge in [0.25, 0.3) is 0 Å². The van der Waals surface area contributed by atoms with E-state index in [1.165, 1.54) is 30.3 Å². The molecule has 80 valence electrons. The number of aliphatic carboxylic acids is 1. The van der Waals surface area contributed by atoms with E-state index in [0.717, 1.165) is 6.08 Å². The van der Waals surface area contributed by atoms with Gasteiger partial charge in [0.05, 0.1) is 0 Å². The van der Waals surface area contributed by atoms with E-state index in [1.54, 1.807) is 0 Å². The number of alkyl halides is 2. The van der Waals surface area contributed by atoms with E-state index < -0.39 is 12.6 Å². The van der Waals surface area contributed by atoms with Gasteiger partial charge in [-0.15, -0.1) is 0 Å². The second kappa shape index (κ2) is 5.09. The fraction of sp³-hybridized carbons (Fsp3) is 0.100. The van der Waals surface area contributed by atoms with Crippen LogP contribution in [0.15, 0.2) is 30.3 Å². The minimum Gasteiger partial charge on any atom is -0.478 e. The summed E-state index contributed by atoms with van der Waals surface area (Å²) < 4.78 is 27.6. The number of halogens is 2. The number of carboxylic acids is 1. The maximum absolute atomic E-state index is 11.8. The van der Waals surface area contributed by atoms with Crippen LogP contribution in [0.25, 0.3) is 6.08 Å². The van der Waals surface area contributed by atoms with E-state index in [-0.39, 0.29) is 5.75 Å². The Morgan fingerprint density at radius 3 is 2.40 bits per heavy atom. The second-order valence-corrected chi connectivity index (χ2v) is 2.62. The highest BCUT2D eigenvalue weighted by atomic mass is 19.3. The molecular formula is C10H8F2O3. The SMILES string of the molecule is O=C(O)/C=C/c1ccc(OC(F)F)cc1. The minimum absolute atomic E-state index is 0.0393. The fourth-order valence-electron chi connectivity index (χ4n) is 0.928. The zero-order valence-corrected chi connectivity index (χ0v) is 7.56. The molecule has 0 aromatic heterocycles. The summed E-state index contributed by atoms with van der Waals surface area (Å²) in [6, 6.07) is 5.65. The standard InChI is InChI=1S/C10H8F2O3/c11-10(12)15-8-4-1-7(2-5-8)3-6-9(13)14/h1-6,10H,(H,13,14)/b6-3+. The third-order valence-electron chi connectivity index (χ3n) is 1.52. The van der Waals surface area contributed by atoms with Crippen LogP contribution in [-0.4, -0.2) is 17.7 Å². The van der Waals surface area contributed by atoms with Crippen LogP contribution in [0.1, 0.15) is 5.56 Å². The van der Waals surface area contributed by atoms with E-state index >= 15 is 0 Å². The van der Waals surface area contributed by atoms with Crippen LogP contribution in [0.3, 0.4) is 0 Å². The largest absolute Gasteiger partial charge is 0.478 e. The van der Waals surface area contributed by atoms with Gasteiger partial charge in [0.1, 0.15) is 5.75 Å². The Morgan fingerprint density at radius 2 is 1.93 bits per heavy atom. The summed E-state index contributed by atoms with van der Waals surface area (Å²) in [6.45, 7) is -2.86. The van der Waals surface area contributed by atoms with E-state index in [0.29, 0.717) is 5.56 Å². The first-order valence-corrected chi connectivity index (χ1v) is 4.04. The first-order valence-electron chi connectivity index (χ1n) is 4.04. The van der Waals surface area contributed by atoms with Gasteiger partial charge in [-0.1, -0.05) is 12.1 Å². The molecule has 0 atom stereocenters. The van der Waals surface area contributed by atoms with Crippen molar-refractivity contribution >= 4 is 12.0 Å². The highest BCUT2D eigenvalue weighted by Crippen LogP contribution is 2.15. The first kappa shape index (κ1) is 11.2. The van der Waals surface area contributed by atoms with Crippen LogP contribution in [0, 0.1) is 0 Å². The van der Waals surface area contributed by atoms with E-state index in [1.807, 2.05) is 0 Å². The van der Waals surface area contributed by atoms with Gasteiger partial charge in [-0.25, -0.2) is 4.79 Å². The summed E-state index contributed by atoms with van der Waals surface area (Å²) in [7, 11) is 0. The molecule has 0 aliphatic heterocycles. The molecular weight excluding hydrogens is 206 g/mol. The molecule has 1 N–H and O–H groups in total. The lowest BCUT2D eigenvalue weighted by molar-refractivity contribution is -0.131. The van der Waals surface area contributed by atoms with E-state index in [4.69, 9.17) is 5.11 Å². The van der Waals surface area contributed by atoms with Crippen molar-refractivity contribution in [2.24, 2.45) is 0 Å². The van der Waals surface area contributed by atoms with Crippen molar-refractivity contribution in [2.45, 2.75) is 6.61 Å². The van der Waals surface area contributed by atoms with Gasteiger partial charge in [0.15, 0.2) is 0 Å². The van der Waals surface area contributed by atoms with Gasteiger partial charge in [-0.05, 0) is 23.8 Å². The molecule has 0 spiro atoms. The summed E-state index contributed by atoms with van der Waals surface area (Å²) >= 11 is 0. The van der Waals surface area contributed by atoms with Crippen molar-refractivity contribution in [3.8, 4) is 5.75 Å². The molecule has 0 radical (unpaired) electrons. The smallest absolute Gasteiger partial charge is 0.387 e. The van der Waals surface area contributed by atoms with E-state index in [2.05, 4.69) is 4.74 Å². The molecule has 15 heavy (non-hydrogen) atoms. The molecule has 0 aliphatic rings. The lowest BCUT2D eigenvalue weighted by Crippen LogP contribution is -2.01. The molecule has 1 aromatic rings. The average Bonchev–Trinajstić information content (AvgIpc) is 2.16. The molecule has 0 saturated heterocycles. The van der Waals surface area contributed by atoms with Crippen molar-refractivity contribution < 1.29 is 23.4 Å². The van der Waals surface area contributed by atoms with Gasteiger partial charge >= 0.3 is 12.6 Å². The predicted molar refractivity (Wildman–Crippen MR) is 49.7 cm³/mol. The lowest BCUT2D eigenvalue weighted by atomic mass is 10.2. The molecule has 1 rings (SSSR count). The lowest BCUT2D eigenvalue weighted by Gasteiger charge is -2.03. The van der Waals surface area contributed by atoms with Gasteiger partial charge in [0.2, 0.25) is 0 Å². The predicted octanol–water partition coefficient (Wildman–Crippen LogP) is 2.39. The highest BCUT2D eigenvalue weighted by molar-refractivity contribution is 5.85. The van der Waals surface area contributed by atoms with Crippen molar-refractivity contribution in [1.82, 2.24) is 0 Å². The van der Waals surface area contributed by atoms with Crippen LogP contribution in [0.5, 0.6) is 5.75 Å². The number of hydrogen-bond acceptors (Lipinski definition) is 2. The molecule has 0 heterocycles. The third kappa shape index (κ3) is 4.21. The Hall–Kier alpha value is -1.91. The van der Waals surface area contributed by atoms with Crippen molar-refractivity contribution in [3.05, 3.63) is 35.9 Å². The van der Waals surface area contributed by atoms with Gasteiger partial charge in [-0.3, -0.25) is 0 Å². The maximum Gasteiger partial charge on any atom is 0.387 e. The number of rotatable bonds is 4. The van der Waals surface area contributed by atoms with Gasteiger partial charge in [-0.2, -0.15) is 8.78 Å². The van der Waals surface area contributed by atoms with Gasteiger partial charge in [0, 0.05) is 6.08 Å².